The summed E-state index contributed by atoms with van der Waals surface area (Å²) in [6.45, 7) is 0.738. The number of carboxylic acids is 1. The number of benzene rings is 2. The first-order valence-corrected chi connectivity index (χ1v) is 11.2. The second-order valence-electron chi connectivity index (χ2n) is 8.92. The molecule has 1 saturated heterocycles. The molecular formula is C25H26N2O6. The molecule has 1 aliphatic heterocycles. The molecule has 2 aliphatic carbocycles. The van der Waals surface area contributed by atoms with Crippen molar-refractivity contribution in [1.82, 2.24) is 10.6 Å². The highest BCUT2D eigenvalue weighted by Crippen LogP contribution is 2.44. The third kappa shape index (κ3) is 4.06. The van der Waals surface area contributed by atoms with Crippen LogP contribution in [0.25, 0.3) is 11.1 Å². The van der Waals surface area contributed by atoms with Gasteiger partial charge >= 0.3 is 12.1 Å². The number of ether oxygens (including phenoxy) is 2. The van der Waals surface area contributed by atoms with Gasteiger partial charge in [-0.05, 0) is 41.5 Å². The first-order chi connectivity index (χ1) is 16.0. The van der Waals surface area contributed by atoms with E-state index in [4.69, 9.17) is 9.47 Å². The van der Waals surface area contributed by atoms with Crippen molar-refractivity contribution in [3.8, 4) is 11.1 Å². The van der Waals surface area contributed by atoms with Crippen LogP contribution in [0.1, 0.15) is 36.3 Å². The van der Waals surface area contributed by atoms with E-state index in [0.717, 1.165) is 22.3 Å². The Hall–Kier alpha value is -3.39. The van der Waals surface area contributed by atoms with Crippen molar-refractivity contribution < 1.29 is 29.0 Å². The largest absolute Gasteiger partial charge is 0.479 e. The van der Waals surface area contributed by atoms with Gasteiger partial charge in [0, 0.05) is 25.0 Å². The first-order valence-electron chi connectivity index (χ1n) is 11.2. The van der Waals surface area contributed by atoms with Crippen LogP contribution in [0.15, 0.2) is 48.5 Å². The lowest BCUT2D eigenvalue weighted by molar-refractivity contribution is -0.149. The average molecular weight is 450 g/mol. The Morgan fingerprint density at radius 3 is 2.27 bits per heavy atom. The zero-order chi connectivity index (χ0) is 23.0. The summed E-state index contributed by atoms with van der Waals surface area (Å²) in [5, 5.41) is 14.7. The Labute approximate surface area is 191 Å². The number of amides is 2. The summed E-state index contributed by atoms with van der Waals surface area (Å²) in [5.74, 6) is -1.67. The molecule has 2 amide bonds. The van der Waals surface area contributed by atoms with Gasteiger partial charge < -0.3 is 25.2 Å². The van der Waals surface area contributed by atoms with Crippen LogP contribution in [0.5, 0.6) is 0 Å². The zero-order valence-corrected chi connectivity index (χ0v) is 18.1. The number of carboxylic acid groups (broad SMARTS) is 1. The second-order valence-corrected chi connectivity index (χ2v) is 8.92. The van der Waals surface area contributed by atoms with Gasteiger partial charge in [-0.15, -0.1) is 0 Å². The molecule has 2 atom stereocenters. The monoisotopic (exact) mass is 450 g/mol. The lowest BCUT2D eigenvalue weighted by Crippen LogP contribution is -2.50. The number of hydrogen-bond acceptors (Lipinski definition) is 5. The van der Waals surface area contributed by atoms with E-state index in [2.05, 4.69) is 22.8 Å². The van der Waals surface area contributed by atoms with E-state index in [1.807, 2.05) is 36.4 Å². The molecule has 1 heterocycles. The molecule has 3 N–H and O–H groups in total. The summed E-state index contributed by atoms with van der Waals surface area (Å²) in [6, 6.07) is 16.2. The van der Waals surface area contributed by atoms with Crippen LogP contribution in [-0.2, 0) is 19.1 Å². The van der Waals surface area contributed by atoms with Gasteiger partial charge in [0.05, 0.1) is 0 Å². The normalized spacial score (nSPS) is 22.2. The molecule has 2 aromatic carbocycles. The predicted octanol–water partition coefficient (Wildman–Crippen LogP) is 2.66. The summed E-state index contributed by atoms with van der Waals surface area (Å²) >= 11 is 0. The zero-order valence-electron chi connectivity index (χ0n) is 18.1. The van der Waals surface area contributed by atoms with Crippen molar-refractivity contribution in [2.75, 3.05) is 19.8 Å². The quantitative estimate of drug-likeness (QED) is 0.598. The minimum Gasteiger partial charge on any atom is -0.479 e. The van der Waals surface area contributed by atoms with Crippen LogP contribution in [0, 0.1) is 5.92 Å². The molecule has 0 aromatic heterocycles. The number of carbonyl (C=O) groups excluding carboxylic acids is 2. The van der Waals surface area contributed by atoms with Gasteiger partial charge in [-0.2, -0.15) is 0 Å². The maximum atomic E-state index is 12.7. The highest BCUT2D eigenvalue weighted by molar-refractivity contribution is 5.93. The van der Waals surface area contributed by atoms with Crippen molar-refractivity contribution >= 4 is 18.0 Å². The lowest BCUT2D eigenvalue weighted by Gasteiger charge is -2.21. The minimum atomic E-state index is -1.02. The van der Waals surface area contributed by atoms with Gasteiger partial charge in [0.15, 0.2) is 6.10 Å². The van der Waals surface area contributed by atoms with E-state index in [-0.39, 0.29) is 30.9 Å². The van der Waals surface area contributed by atoms with Crippen molar-refractivity contribution in [3.63, 3.8) is 0 Å². The Morgan fingerprint density at radius 2 is 1.67 bits per heavy atom. The molecule has 5 rings (SSSR count). The molecule has 3 aliphatic rings. The van der Waals surface area contributed by atoms with Crippen molar-refractivity contribution in [2.45, 2.75) is 36.8 Å². The standard InChI is InChI=1S/C25H26N2O6/c28-22(29)21-15(9-12-32-21)13-26-23(30)25(10-11-25)27-24(31)33-14-20-18-7-3-1-5-16(18)17-6-2-4-8-19(17)20/h1-8,15,20-21H,9-14H2,(H,26,30)(H,27,31)(H,28,29)/t15-,21-/m1/s1. The van der Waals surface area contributed by atoms with Crippen molar-refractivity contribution in [2.24, 2.45) is 5.92 Å². The highest BCUT2D eigenvalue weighted by atomic mass is 16.5. The molecule has 0 unspecified atom stereocenters. The highest BCUT2D eigenvalue weighted by Gasteiger charge is 2.52. The maximum Gasteiger partial charge on any atom is 0.408 e. The van der Waals surface area contributed by atoms with Crippen LogP contribution in [0.2, 0.25) is 0 Å². The van der Waals surface area contributed by atoms with Crippen LogP contribution in [0.4, 0.5) is 4.79 Å². The lowest BCUT2D eigenvalue weighted by atomic mass is 9.98. The molecular weight excluding hydrogens is 424 g/mol. The molecule has 172 valence electrons. The minimum absolute atomic E-state index is 0.0533. The number of carbonyl (C=O) groups is 3. The Balaban J connectivity index is 1.17. The Morgan fingerprint density at radius 1 is 1.03 bits per heavy atom. The molecule has 33 heavy (non-hydrogen) atoms. The van der Waals surface area contributed by atoms with E-state index in [1.54, 1.807) is 0 Å². The molecule has 0 radical (unpaired) electrons. The smallest absolute Gasteiger partial charge is 0.408 e. The summed E-state index contributed by atoms with van der Waals surface area (Å²) in [5.41, 5.74) is 3.56. The summed E-state index contributed by atoms with van der Waals surface area (Å²) in [7, 11) is 0. The maximum absolute atomic E-state index is 12.7. The van der Waals surface area contributed by atoms with E-state index in [9.17, 15) is 19.5 Å². The summed E-state index contributed by atoms with van der Waals surface area (Å²) in [6.07, 6.45) is 0.0797. The van der Waals surface area contributed by atoms with Crippen LogP contribution < -0.4 is 10.6 Å². The van der Waals surface area contributed by atoms with Gasteiger partial charge in [-0.25, -0.2) is 9.59 Å². The average Bonchev–Trinajstić information content (AvgIpc) is 3.31. The van der Waals surface area contributed by atoms with Gasteiger partial charge in [-0.3, -0.25) is 4.79 Å². The van der Waals surface area contributed by atoms with E-state index in [1.165, 1.54) is 0 Å². The van der Waals surface area contributed by atoms with Gasteiger partial charge in [0.1, 0.15) is 12.1 Å². The molecule has 8 nitrogen and oxygen atoms in total. The topological polar surface area (TPSA) is 114 Å². The van der Waals surface area contributed by atoms with Crippen LogP contribution in [0.3, 0.4) is 0 Å². The van der Waals surface area contributed by atoms with Crippen molar-refractivity contribution in [1.29, 1.82) is 0 Å². The third-order valence-corrected chi connectivity index (χ3v) is 6.85. The first kappa shape index (κ1) is 21.5. The number of rotatable bonds is 7. The van der Waals surface area contributed by atoms with Gasteiger partial charge in [0.25, 0.3) is 0 Å². The van der Waals surface area contributed by atoms with E-state index < -0.39 is 23.7 Å². The van der Waals surface area contributed by atoms with E-state index in [0.29, 0.717) is 25.9 Å². The third-order valence-electron chi connectivity index (χ3n) is 6.85. The summed E-state index contributed by atoms with van der Waals surface area (Å²) in [4.78, 5) is 36.5. The van der Waals surface area contributed by atoms with Crippen molar-refractivity contribution in [3.05, 3.63) is 59.7 Å². The fourth-order valence-electron chi connectivity index (χ4n) is 4.87. The molecule has 0 spiro atoms. The van der Waals surface area contributed by atoms with Crippen LogP contribution >= 0.6 is 0 Å². The van der Waals surface area contributed by atoms with E-state index >= 15 is 0 Å². The number of aliphatic carboxylic acids is 1. The molecule has 8 heteroatoms. The number of fused-ring (bicyclic) bond motifs is 3. The summed E-state index contributed by atoms with van der Waals surface area (Å²) < 4.78 is 10.8. The number of nitrogens with one attached hydrogen (secondary N) is 2. The van der Waals surface area contributed by atoms with Gasteiger partial charge in [0.2, 0.25) is 5.91 Å². The molecule has 2 aromatic rings. The fourth-order valence-corrected chi connectivity index (χ4v) is 4.87. The molecule has 2 fully saturated rings. The number of hydrogen-bond donors (Lipinski definition) is 3. The molecule has 1 saturated carbocycles. The Kier molecular flexibility index (Phi) is 5.54. The van der Waals surface area contributed by atoms with Crippen LogP contribution in [-0.4, -0.2) is 54.5 Å². The fraction of sp³-hybridized carbons (Fsp3) is 0.400. The Bertz CT molecular complexity index is 1050. The predicted molar refractivity (Wildman–Crippen MR) is 119 cm³/mol. The van der Waals surface area contributed by atoms with Gasteiger partial charge in [-0.1, -0.05) is 48.5 Å². The SMILES string of the molecule is O=C(NC1(C(=O)NC[C@H]2CCO[C@H]2C(=O)O)CC1)OCC1c2ccccc2-c2ccccc21. The second kappa shape index (κ2) is 8.51. The number of alkyl carbamates (subject to hydrolysis) is 1. The molecule has 0 bridgehead atoms.